The molecule has 2 aliphatic heterocycles. The van der Waals surface area contributed by atoms with E-state index in [1.165, 1.54) is 11.3 Å². The van der Waals surface area contributed by atoms with Crippen LogP contribution >= 0.6 is 0 Å². The second-order valence-electron chi connectivity index (χ2n) is 8.91. The van der Waals surface area contributed by atoms with Gasteiger partial charge in [-0.2, -0.15) is 5.10 Å². The predicted octanol–water partition coefficient (Wildman–Crippen LogP) is 2.95. The maximum absolute atomic E-state index is 12.7. The summed E-state index contributed by atoms with van der Waals surface area (Å²) in [5.41, 5.74) is 3.45. The molecule has 3 heterocycles. The summed E-state index contributed by atoms with van der Waals surface area (Å²) in [6, 6.07) is 0. The van der Waals surface area contributed by atoms with Crippen molar-refractivity contribution in [1.29, 1.82) is 0 Å². The van der Waals surface area contributed by atoms with Gasteiger partial charge in [-0.15, -0.1) is 0 Å². The molecule has 156 valence electrons. The monoisotopic (exact) mass is 388 g/mol. The number of hydrogen-bond donors (Lipinski definition) is 0. The summed E-state index contributed by atoms with van der Waals surface area (Å²) >= 11 is 0. The van der Waals surface area contributed by atoms with Crippen molar-refractivity contribution < 1.29 is 9.59 Å². The fourth-order valence-corrected chi connectivity index (χ4v) is 4.58. The highest BCUT2D eigenvalue weighted by atomic mass is 16.2. The Balaban J connectivity index is 1.48. The third kappa shape index (κ3) is 4.76. The van der Waals surface area contributed by atoms with E-state index in [1.807, 2.05) is 16.7 Å². The molecule has 2 fully saturated rings. The molecule has 3 rings (SSSR count). The standard InChI is InChI=1S/C22H36N4O2/c1-16(2)15-26-18(4)20(17(3)23-26)7-8-21(27)24-13-9-19(10-14-24)22(28)25-11-5-6-12-25/h16,19H,5-15H2,1-4H3. The van der Waals surface area contributed by atoms with Gasteiger partial charge in [-0.25, -0.2) is 0 Å². The smallest absolute Gasteiger partial charge is 0.225 e. The molecule has 0 bridgehead atoms. The zero-order valence-corrected chi connectivity index (χ0v) is 18.0. The highest BCUT2D eigenvalue weighted by molar-refractivity contribution is 5.80. The third-order valence-electron chi connectivity index (χ3n) is 6.27. The lowest BCUT2D eigenvalue weighted by Crippen LogP contribution is -2.43. The molecule has 0 N–H and O–H groups in total. The summed E-state index contributed by atoms with van der Waals surface area (Å²) < 4.78 is 2.08. The van der Waals surface area contributed by atoms with Gasteiger partial charge in [0.15, 0.2) is 0 Å². The largest absolute Gasteiger partial charge is 0.343 e. The average Bonchev–Trinajstić information content (AvgIpc) is 3.29. The van der Waals surface area contributed by atoms with E-state index in [1.54, 1.807) is 0 Å². The van der Waals surface area contributed by atoms with Crippen LogP contribution in [0.1, 0.15) is 62.9 Å². The van der Waals surface area contributed by atoms with Crippen molar-refractivity contribution in [2.45, 2.75) is 72.8 Å². The minimum atomic E-state index is 0.112. The van der Waals surface area contributed by atoms with E-state index in [0.717, 1.165) is 57.4 Å². The lowest BCUT2D eigenvalue weighted by molar-refractivity contribution is -0.140. The van der Waals surface area contributed by atoms with Gasteiger partial charge in [0, 0.05) is 50.8 Å². The van der Waals surface area contributed by atoms with Crippen molar-refractivity contribution in [2.24, 2.45) is 11.8 Å². The van der Waals surface area contributed by atoms with E-state index in [2.05, 4.69) is 30.6 Å². The van der Waals surface area contributed by atoms with Crippen LogP contribution < -0.4 is 0 Å². The first-order chi connectivity index (χ1) is 13.4. The van der Waals surface area contributed by atoms with Crippen molar-refractivity contribution in [3.05, 3.63) is 17.0 Å². The Kier molecular flexibility index (Phi) is 6.78. The van der Waals surface area contributed by atoms with Gasteiger partial charge < -0.3 is 9.80 Å². The molecule has 0 aromatic carbocycles. The summed E-state index contributed by atoms with van der Waals surface area (Å²) in [5, 5.41) is 4.66. The zero-order valence-electron chi connectivity index (χ0n) is 18.0. The number of piperidine rings is 1. The molecule has 2 saturated heterocycles. The maximum Gasteiger partial charge on any atom is 0.225 e. The van der Waals surface area contributed by atoms with Crippen LogP contribution in [0.3, 0.4) is 0 Å². The SMILES string of the molecule is Cc1nn(CC(C)C)c(C)c1CCC(=O)N1CCC(C(=O)N2CCCC2)CC1. The van der Waals surface area contributed by atoms with Gasteiger partial charge in [-0.05, 0) is 57.4 Å². The molecule has 0 saturated carbocycles. The molecule has 6 heteroatoms. The second-order valence-corrected chi connectivity index (χ2v) is 8.91. The topological polar surface area (TPSA) is 58.4 Å². The van der Waals surface area contributed by atoms with Crippen LogP contribution in [-0.2, 0) is 22.6 Å². The quantitative estimate of drug-likeness (QED) is 0.753. The van der Waals surface area contributed by atoms with Gasteiger partial charge in [-0.1, -0.05) is 13.8 Å². The molecule has 6 nitrogen and oxygen atoms in total. The number of aryl methyl sites for hydroxylation is 1. The summed E-state index contributed by atoms with van der Waals surface area (Å²) in [5.74, 6) is 1.19. The van der Waals surface area contributed by atoms with Crippen LogP contribution in [-0.4, -0.2) is 57.6 Å². The van der Waals surface area contributed by atoms with Gasteiger partial charge in [0.25, 0.3) is 0 Å². The second kappa shape index (κ2) is 9.10. The van der Waals surface area contributed by atoms with Gasteiger partial charge >= 0.3 is 0 Å². The van der Waals surface area contributed by atoms with E-state index in [4.69, 9.17) is 0 Å². The number of carbonyl (C=O) groups excluding carboxylic acids is 2. The van der Waals surface area contributed by atoms with Gasteiger partial charge in [0.2, 0.25) is 11.8 Å². The number of rotatable bonds is 6. The Morgan fingerprint density at radius 3 is 2.29 bits per heavy atom. The number of carbonyl (C=O) groups is 2. The number of hydrogen-bond acceptors (Lipinski definition) is 3. The van der Waals surface area contributed by atoms with E-state index in [0.29, 0.717) is 31.3 Å². The van der Waals surface area contributed by atoms with Crippen LogP contribution in [0, 0.1) is 25.7 Å². The molecular weight excluding hydrogens is 352 g/mol. The number of nitrogens with zero attached hydrogens (tertiary/aromatic N) is 4. The first kappa shape index (κ1) is 20.9. The van der Waals surface area contributed by atoms with Gasteiger partial charge in [0.1, 0.15) is 0 Å². The molecule has 0 radical (unpaired) electrons. The molecule has 2 amide bonds. The Labute approximate surface area is 169 Å². The zero-order chi connectivity index (χ0) is 20.3. The Morgan fingerprint density at radius 2 is 1.68 bits per heavy atom. The number of amides is 2. The molecule has 1 aromatic rings. The van der Waals surface area contributed by atoms with Crippen LogP contribution in [0.5, 0.6) is 0 Å². The Morgan fingerprint density at radius 1 is 1.04 bits per heavy atom. The minimum Gasteiger partial charge on any atom is -0.343 e. The van der Waals surface area contributed by atoms with Crippen molar-refractivity contribution in [1.82, 2.24) is 19.6 Å². The first-order valence-electron chi connectivity index (χ1n) is 11.0. The molecule has 0 unspecified atom stereocenters. The minimum absolute atomic E-state index is 0.112. The fourth-order valence-electron chi connectivity index (χ4n) is 4.58. The van der Waals surface area contributed by atoms with E-state index in [9.17, 15) is 9.59 Å². The van der Waals surface area contributed by atoms with Crippen LogP contribution in [0.25, 0.3) is 0 Å². The Bertz CT molecular complexity index is 696. The van der Waals surface area contributed by atoms with Crippen LogP contribution in [0.15, 0.2) is 0 Å². The molecule has 28 heavy (non-hydrogen) atoms. The Hall–Kier alpha value is -1.85. The normalized spacial score (nSPS) is 18.3. The summed E-state index contributed by atoms with van der Waals surface area (Å²) in [4.78, 5) is 29.2. The van der Waals surface area contributed by atoms with Crippen molar-refractivity contribution in [3.8, 4) is 0 Å². The number of likely N-dealkylation sites (tertiary alicyclic amines) is 2. The molecule has 0 atom stereocenters. The summed E-state index contributed by atoms with van der Waals surface area (Å²) in [6.45, 7) is 12.7. The van der Waals surface area contributed by atoms with Crippen LogP contribution in [0.4, 0.5) is 0 Å². The molecule has 2 aliphatic rings. The highest BCUT2D eigenvalue weighted by Crippen LogP contribution is 2.23. The fraction of sp³-hybridized carbons (Fsp3) is 0.773. The summed E-state index contributed by atoms with van der Waals surface area (Å²) in [6.07, 6.45) is 5.17. The highest BCUT2D eigenvalue weighted by Gasteiger charge is 2.31. The maximum atomic E-state index is 12.7. The number of aromatic nitrogens is 2. The molecular formula is C22H36N4O2. The van der Waals surface area contributed by atoms with Gasteiger partial charge in [0.05, 0.1) is 5.69 Å². The lowest BCUT2D eigenvalue weighted by atomic mass is 9.95. The van der Waals surface area contributed by atoms with Crippen molar-refractivity contribution >= 4 is 11.8 Å². The lowest BCUT2D eigenvalue weighted by Gasteiger charge is -2.33. The van der Waals surface area contributed by atoms with Gasteiger partial charge in [-0.3, -0.25) is 14.3 Å². The third-order valence-corrected chi connectivity index (χ3v) is 6.27. The van der Waals surface area contributed by atoms with Crippen molar-refractivity contribution in [2.75, 3.05) is 26.2 Å². The molecule has 0 aliphatic carbocycles. The molecule has 1 aromatic heterocycles. The van der Waals surface area contributed by atoms with E-state index >= 15 is 0 Å². The van der Waals surface area contributed by atoms with Crippen molar-refractivity contribution in [3.63, 3.8) is 0 Å². The first-order valence-corrected chi connectivity index (χ1v) is 11.0. The average molecular weight is 389 g/mol. The van der Waals surface area contributed by atoms with E-state index < -0.39 is 0 Å². The predicted molar refractivity (Wildman–Crippen MR) is 110 cm³/mol. The van der Waals surface area contributed by atoms with Crippen LogP contribution in [0.2, 0.25) is 0 Å². The molecule has 0 spiro atoms. The summed E-state index contributed by atoms with van der Waals surface area (Å²) in [7, 11) is 0. The van der Waals surface area contributed by atoms with E-state index in [-0.39, 0.29) is 11.8 Å².